The van der Waals surface area contributed by atoms with Gasteiger partial charge in [-0.25, -0.2) is 14.2 Å². The summed E-state index contributed by atoms with van der Waals surface area (Å²) >= 11 is 1.68. The highest BCUT2D eigenvalue weighted by atomic mass is 32.2. The van der Waals surface area contributed by atoms with E-state index in [1.165, 1.54) is 6.07 Å². The Bertz CT molecular complexity index is 1000. The Balaban J connectivity index is 1.39. The van der Waals surface area contributed by atoms with Crippen LogP contribution in [0.15, 0.2) is 16.9 Å². The largest absolute Gasteiger partial charge is 0.493 e. The molecule has 1 aliphatic carbocycles. The van der Waals surface area contributed by atoms with Crippen molar-refractivity contribution in [1.29, 1.82) is 0 Å². The van der Waals surface area contributed by atoms with Crippen molar-refractivity contribution >= 4 is 28.8 Å². The van der Waals surface area contributed by atoms with E-state index in [2.05, 4.69) is 9.97 Å². The molecule has 1 aliphatic heterocycles. The van der Waals surface area contributed by atoms with E-state index in [1.807, 2.05) is 0 Å². The number of nitrogens with one attached hydrogen (secondary N) is 1. The molecule has 1 saturated heterocycles. The van der Waals surface area contributed by atoms with Gasteiger partial charge in [0.15, 0.2) is 0 Å². The number of amides is 1. The second-order valence-corrected chi connectivity index (χ2v) is 9.61. The molecule has 174 valence electrons. The van der Waals surface area contributed by atoms with Crippen LogP contribution in [0.3, 0.4) is 0 Å². The molecule has 2 fully saturated rings. The molecule has 3 N–H and O–H groups in total. The monoisotopic (exact) mass is 465 g/mol. The topological polar surface area (TPSA) is 117 Å². The summed E-state index contributed by atoms with van der Waals surface area (Å²) in [5.74, 6) is 1.14. The number of thioether (sulfide) groups is 1. The maximum atomic E-state index is 14.6. The van der Waals surface area contributed by atoms with Crippen LogP contribution in [0.1, 0.15) is 44.3 Å². The fourth-order valence-electron chi connectivity index (χ4n) is 4.20. The van der Waals surface area contributed by atoms with E-state index in [0.717, 1.165) is 51.7 Å². The normalized spacial score (nSPS) is 22.0. The molecule has 0 unspecified atom stereocenters. The fourth-order valence-corrected chi connectivity index (χ4v) is 5.34. The van der Waals surface area contributed by atoms with E-state index in [9.17, 15) is 14.0 Å². The Morgan fingerprint density at radius 2 is 1.97 bits per heavy atom. The van der Waals surface area contributed by atoms with Crippen molar-refractivity contribution in [3.8, 4) is 5.75 Å². The summed E-state index contributed by atoms with van der Waals surface area (Å²) in [6.07, 6.45) is 4.30. The average molecular weight is 466 g/mol. The molecular weight excluding hydrogens is 437 g/mol. The number of benzene rings is 1. The van der Waals surface area contributed by atoms with E-state index in [0.29, 0.717) is 40.6 Å². The fraction of sp³-hybridized carbons (Fsp3) is 0.591. The minimum atomic E-state index is -0.734. The Morgan fingerprint density at radius 1 is 1.22 bits per heavy atom. The van der Waals surface area contributed by atoms with E-state index < -0.39 is 17.5 Å². The summed E-state index contributed by atoms with van der Waals surface area (Å²) in [5, 5.41) is 0.316. The minimum Gasteiger partial charge on any atom is -0.493 e. The van der Waals surface area contributed by atoms with Crippen LogP contribution in [-0.2, 0) is 15.2 Å². The van der Waals surface area contributed by atoms with Crippen molar-refractivity contribution in [2.75, 3.05) is 19.8 Å². The molecule has 0 atom stereocenters. The van der Waals surface area contributed by atoms with Crippen LogP contribution in [0, 0.1) is 11.7 Å². The zero-order valence-electron chi connectivity index (χ0n) is 17.8. The van der Waals surface area contributed by atoms with Crippen LogP contribution in [0.2, 0.25) is 0 Å². The minimum absolute atomic E-state index is 0.0544. The van der Waals surface area contributed by atoms with E-state index >= 15 is 0 Å². The lowest BCUT2D eigenvalue weighted by molar-refractivity contribution is 0.0497. The van der Waals surface area contributed by atoms with Gasteiger partial charge in [0.2, 0.25) is 0 Å². The van der Waals surface area contributed by atoms with Crippen LogP contribution in [-0.4, -0.2) is 47.2 Å². The lowest BCUT2D eigenvalue weighted by Crippen LogP contribution is -2.28. The number of carbonyl (C=O) groups excluding carboxylic acids is 1. The number of hydrogen-bond acceptors (Lipinski definition) is 7. The number of halogens is 1. The number of nitrogens with zero attached hydrogens (tertiary/aromatic N) is 1. The average Bonchev–Trinajstić information content (AvgIpc) is 2.77. The Labute approximate surface area is 189 Å². The molecule has 4 rings (SSSR count). The van der Waals surface area contributed by atoms with Crippen molar-refractivity contribution in [1.82, 2.24) is 9.97 Å². The van der Waals surface area contributed by atoms with Crippen LogP contribution in [0.25, 0.3) is 10.9 Å². The molecule has 1 aromatic carbocycles. The first kappa shape index (κ1) is 22.8. The molecule has 2 heterocycles. The Hall–Kier alpha value is -2.33. The zero-order chi connectivity index (χ0) is 22.5. The molecule has 2 aromatic rings. The highest BCUT2D eigenvalue weighted by molar-refractivity contribution is 7.99. The third kappa shape index (κ3) is 5.92. The maximum Gasteiger partial charge on any atom is 0.404 e. The van der Waals surface area contributed by atoms with E-state index in [1.54, 1.807) is 17.8 Å². The van der Waals surface area contributed by atoms with Crippen molar-refractivity contribution in [3.63, 3.8) is 0 Å². The first-order chi connectivity index (χ1) is 15.5. The van der Waals surface area contributed by atoms with Gasteiger partial charge < -0.3 is 24.9 Å². The second-order valence-electron chi connectivity index (χ2n) is 8.33. The van der Waals surface area contributed by atoms with Gasteiger partial charge in [0.1, 0.15) is 28.9 Å². The third-order valence-electron chi connectivity index (χ3n) is 5.97. The molecule has 2 aliphatic rings. The molecule has 0 bridgehead atoms. The summed E-state index contributed by atoms with van der Waals surface area (Å²) in [5.41, 5.74) is 4.89. The first-order valence-corrected chi connectivity index (χ1v) is 12.0. The van der Waals surface area contributed by atoms with E-state index in [-0.39, 0.29) is 11.5 Å². The molecule has 32 heavy (non-hydrogen) atoms. The predicted octanol–water partition coefficient (Wildman–Crippen LogP) is 3.51. The van der Waals surface area contributed by atoms with Crippen molar-refractivity contribution < 1.29 is 23.4 Å². The predicted molar refractivity (Wildman–Crippen MR) is 119 cm³/mol. The van der Waals surface area contributed by atoms with Crippen LogP contribution in [0.4, 0.5) is 9.18 Å². The van der Waals surface area contributed by atoms with Gasteiger partial charge in [-0.3, -0.25) is 4.79 Å². The number of aromatic amines is 1. The lowest BCUT2D eigenvalue weighted by atomic mass is 9.97. The number of H-pyrrole nitrogens is 1. The van der Waals surface area contributed by atoms with Gasteiger partial charge >= 0.3 is 6.09 Å². The van der Waals surface area contributed by atoms with Gasteiger partial charge in [-0.2, -0.15) is 11.8 Å². The molecule has 0 radical (unpaired) electrons. The summed E-state index contributed by atoms with van der Waals surface area (Å²) in [4.78, 5) is 30.5. The molecular formula is C22H28FN3O5S. The summed E-state index contributed by atoms with van der Waals surface area (Å²) in [6, 6.07) is 2.88. The van der Waals surface area contributed by atoms with Crippen molar-refractivity contribution in [2.24, 2.45) is 11.7 Å². The van der Waals surface area contributed by atoms with E-state index in [4.69, 9.17) is 19.9 Å². The molecule has 1 aromatic heterocycles. The van der Waals surface area contributed by atoms with Crippen molar-refractivity contribution in [2.45, 2.75) is 55.6 Å². The van der Waals surface area contributed by atoms with Crippen LogP contribution in [0.5, 0.6) is 5.75 Å². The van der Waals surface area contributed by atoms with Crippen molar-refractivity contribution in [3.05, 3.63) is 34.1 Å². The molecule has 10 heteroatoms. The van der Waals surface area contributed by atoms with Gasteiger partial charge in [-0.15, -0.1) is 0 Å². The number of nitrogens with two attached hydrogens (primary N) is 1. The Morgan fingerprint density at radius 3 is 2.69 bits per heavy atom. The van der Waals surface area contributed by atoms with Gasteiger partial charge in [0, 0.05) is 30.6 Å². The molecule has 0 spiro atoms. The SMILES string of the molecule is NC(=O)O[C@H]1CC[C@H](SCc2nc3cc(OCC4CCOCC4)cc(F)c3c(=O)[nH]2)CC1. The lowest BCUT2D eigenvalue weighted by Gasteiger charge is -2.27. The Kier molecular flexibility index (Phi) is 7.51. The first-order valence-electron chi connectivity index (χ1n) is 11.0. The number of primary amides is 1. The van der Waals surface area contributed by atoms with Crippen LogP contribution < -0.4 is 16.0 Å². The number of aromatic nitrogens is 2. The summed E-state index contributed by atoms with van der Waals surface area (Å²) < 4.78 is 30.8. The maximum absolute atomic E-state index is 14.6. The molecule has 1 amide bonds. The highest BCUT2D eigenvalue weighted by Crippen LogP contribution is 2.31. The number of fused-ring (bicyclic) bond motifs is 1. The molecule has 8 nitrogen and oxygen atoms in total. The second kappa shape index (κ2) is 10.5. The van der Waals surface area contributed by atoms with Gasteiger partial charge in [0.05, 0.1) is 17.9 Å². The summed E-state index contributed by atoms with van der Waals surface area (Å²) in [6.45, 7) is 1.93. The molecule has 1 saturated carbocycles. The quantitative estimate of drug-likeness (QED) is 0.643. The number of hydrogen-bond donors (Lipinski definition) is 2. The number of carbonyl (C=O) groups is 1. The number of rotatable bonds is 7. The zero-order valence-corrected chi connectivity index (χ0v) is 18.6. The van der Waals surface area contributed by atoms with Gasteiger partial charge in [0.25, 0.3) is 5.56 Å². The van der Waals surface area contributed by atoms with Gasteiger partial charge in [-0.05, 0) is 44.4 Å². The van der Waals surface area contributed by atoms with Gasteiger partial charge in [-0.1, -0.05) is 0 Å². The third-order valence-corrected chi connectivity index (χ3v) is 7.35. The standard InChI is InChI=1S/C22H28FN3O5S/c23-17-9-15(30-11-13-5-7-29-8-6-13)10-18-20(17)21(27)26-19(25-18)12-32-16-3-1-14(2-4-16)31-22(24)28/h9-10,13-14,16H,1-8,11-12H2,(H2,24,28)(H,25,26,27)/t14-,16-. The van der Waals surface area contributed by atoms with Crippen LogP contribution >= 0.6 is 11.8 Å². The highest BCUT2D eigenvalue weighted by Gasteiger charge is 2.24. The summed E-state index contributed by atoms with van der Waals surface area (Å²) in [7, 11) is 0. The smallest absolute Gasteiger partial charge is 0.404 e. The number of ether oxygens (including phenoxy) is 3.